The van der Waals surface area contributed by atoms with E-state index in [0.717, 1.165) is 10.9 Å². The molecule has 0 fully saturated rings. The number of aliphatic carboxylic acids is 1. The van der Waals surface area contributed by atoms with Crippen molar-refractivity contribution < 1.29 is 14.7 Å². The molecule has 0 saturated heterocycles. The molecule has 21 heavy (non-hydrogen) atoms. The minimum Gasteiger partial charge on any atom is -0.480 e. The smallest absolute Gasteiger partial charge is 0.326 e. The summed E-state index contributed by atoms with van der Waals surface area (Å²) in [4.78, 5) is 23.1. The Kier molecular flexibility index (Phi) is 4.71. The summed E-state index contributed by atoms with van der Waals surface area (Å²) in [6, 6.07) is 6.54. The standard InChI is InChI=1S/C15H17N3O3/c1-2-3-7-12(15(20)21)16-14(19)9-13-10-6-4-5-8-11(10)17-18-13/h2,4-6,8,12H,1,3,7,9H2,(H,16,19)(H,17,18)(H,20,21). The van der Waals surface area contributed by atoms with E-state index in [1.165, 1.54) is 0 Å². The second kappa shape index (κ2) is 6.69. The molecule has 1 aromatic carbocycles. The molecule has 0 aliphatic carbocycles. The van der Waals surface area contributed by atoms with Crippen LogP contribution in [0.3, 0.4) is 0 Å². The van der Waals surface area contributed by atoms with Gasteiger partial charge in [0.05, 0.1) is 17.6 Å². The molecule has 0 bridgehead atoms. The SMILES string of the molecule is C=CCCC(NC(=O)Cc1[nH]nc2ccccc12)C(=O)O. The number of fused-ring (bicyclic) bond motifs is 1. The Bertz CT molecular complexity index is 663. The number of aromatic amines is 1. The summed E-state index contributed by atoms with van der Waals surface area (Å²) in [6.45, 7) is 3.55. The first kappa shape index (κ1) is 14.8. The summed E-state index contributed by atoms with van der Waals surface area (Å²) in [5, 5.41) is 19.4. The number of H-pyrrole nitrogens is 1. The van der Waals surface area contributed by atoms with E-state index in [-0.39, 0.29) is 12.3 Å². The van der Waals surface area contributed by atoms with Crippen molar-refractivity contribution in [2.24, 2.45) is 0 Å². The van der Waals surface area contributed by atoms with Gasteiger partial charge in [0.1, 0.15) is 6.04 Å². The second-order valence-electron chi connectivity index (χ2n) is 4.72. The first-order chi connectivity index (χ1) is 10.1. The summed E-state index contributed by atoms with van der Waals surface area (Å²) in [5.41, 5.74) is 1.46. The number of benzene rings is 1. The number of hydrogen-bond donors (Lipinski definition) is 3. The van der Waals surface area contributed by atoms with Crippen LogP contribution in [0.2, 0.25) is 0 Å². The molecule has 6 heteroatoms. The fourth-order valence-corrected chi connectivity index (χ4v) is 2.10. The van der Waals surface area contributed by atoms with E-state index < -0.39 is 12.0 Å². The zero-order chi connectivity index (χ0) is 15.2. The zero-order valence-corrected chi connectivity index (χ0v) is 11.5. The number of carboxylic acid groups (broad SMARTS) is 1. The first-order valence-corrected chi connectivity index (χ1v) is 6.67. The van der Waals surface area contributed by atoms with Gasteiger partial charge in [-0.3, -0.25) is 9.89 Å². The van der Waals surface area contributed by atoms with Crippen molar-refractivity contribution in [3.63, 3.8) is 0 Å². The molecule has 2 aromatic rings. The normalized spacial score (nSPS) is 12.0. The molecule has 1 atom stereocenters. The van der Waals surface area contributed by atoms with Crippen molar-refractivity contribution in [1.29, 1.82) is 0 Å². The quantitative estimate of drug-likeness (QED) is 0.675. The van der Waals surface area contributed by atoms with E-state index in [0.29, 0.717) is 18.5 Å². The highest BCUT2D eigenvalue weighted by Gasteiger charge is 2.19. The van der Waals surface area contributed by atoms with Gasteiger partial charge in [0.15, 0.2) is 0 Å². The summed E-state index contributed by atoms with van der Waals surface area (Å²) < 4.78 is 0. The fourth-order valence-electron chi connectivity index (χ4n) is 2.10. The van der Waals surface area contributed by atoms with E-state index >= 15 is 0 Å². The van der Waals surface area contributed by atoms with Crippen molar-refractivity contribution >= 4 is 22.8 Å². The Labute approximate surface area is 121 Å². The number of rotatable bonds is 7. The molecule has 0 aliphatic rings. The highest BCUT2D eigenvalue weighted by Crippen LogP contribution is 2.15. The Morgan fingerprint density at radius 3 is 2.90 bits per heavy atom. The van der Waals surface area contributed by atoms with Gasteiger partial charge in [-0.05, 0) is 18.9 Å². The Morgan fingerprint density at radius 2 is 2.19 bits per heavy atom. The molecule has 3 N–H and O–H groups in total. The largest absolute Gasteiger partial charge is 0.480 e. The third-order valence-corrected chi connectivity index (χ3v) is 3.17. The summed E-state index contributed by atoms with van der Waals surface area (Å²) in [7, 11) is 0. The van der Waals surface area contributed by atoms with Crippen LogP contribution < -0.4 is 5.32 Å². The number of hydrogen-bond acceptors (Lipinski definition) is 3. The van der Waals surface area contributed by atoms with E-state index in [1.54, 1.807) is 6.08 Å². The molecule has 1 amide bonds. The van der Waals surface area contributed by atoms with Gasteiger partial charge in [0, 0.05) is 5.39 Å². The minimum atomic E-state index is -1.04. The van der Waals surface area contributed by atoms with Crippen LogP contribution in [0.4, 0.5) is 0 Å². The maximum absolute atomic E-state index is 12.0. The molecular weight excluding hydrogens is 270 g/mol. The Morgan fingerprint density at radius 1 is 1.43 bits per heavy atom. The number of nitrogens with one attached hydrogen (secondary N) is 2. The van der Waals surface area contributed by atoms with Crippen LogP contribution in [0.15, 0.2) is 36.9 Å². The summed E-state index contributed by atoms with van der Waals surface area (Å²) in [6.07, 6.45) is 2.56. The third-order valence-electron chi connectivity index (χ3n) is 3.17. The Hall–Kier alpha value is -2.63. The monoisotopic (exact) mass is 287 g/mol. The maximum Gasteiger partial charge on any atom is 0.326 e. The van der Waals surface area contributed by atoms with Crippen molar-refractivity contribution in [2.45, 2.75) is 25.3 Å². The number of carboxylic acids is 1. The predicted octanol–water partition coefficient (Wildman–Crippen LogP) is 1.64. The molecule has 1 aromatic heterocycles. The average Bonchev–Trinajstić information content (AvgIpc) is 2.86. The van der Waals surface area contributed by atoms with Gasteiger partial charge in [0.25, 0.3) is 0 Å². The predicted molar refractivity (Wildman–Crippen MR) is 78.8 cm³/mol. The highest BCUT2D eigenvalue weighted by molar-refractivity contribution is 5.89. The van der Waals surface area contributed by atoms with Gasteiger partial charge in [-0.2, -0.15) is 5.10 Å². The van der Waals surface area contributed by atoms with Crippen LogP contribution in [-0.2, 0) is 16.0 Å². The highest BCUT2D eigenvalue weighted by atomic mass is 16.4. The topological polar surface area (TPSA) is 95.1 Å². The van der Waals surface area contributed by atoms with E-state index in [1.807, 2.05) is 24.3 Å². The van der Waals surface area contributed by atoms with Gasteiger partial charge in [-0.1, -0.05) is 24.3 Å². The fraction of sp³-hybridized carbons (Fsp3) is 0.267. The second-order valence-corrected chi connectivity index (χ2v) is 4.72. The number of para-hydroxylation sites is 1. The maximum atomic E-state index is 12.0. The molecule has 1 heterocycles. The van der Waals surface area contributed by atoms with Gasteiger partial charge in [-0.25, -0.2) is 4.79 Å². The molecular formula is C15H17N3O3. The van der Waals surface area contributed by atoms with Crippen molar-refractivity contribution in [2.75, 3.05) is 0 Å². The molecule has 110 valence electrons. The van der Waals surface area contributed by atoms with Gasteiger partial charge in [-0.15, -0.1) is 6.58 Å². The number of amides is 1. The van der Waals surface area contributed by atoms with Gasteiger partial charge in [0.2, 0.25) is 5.91 Å². The molecule has 0 spiro atoms. The van der Waals surface area contributed by atoms with E-state index in [9.17, 15) is 9.59 Å². The van der Waals surface area contributed by atoms with E-state index in [2.05, 4.69) is 22.1 Å². The average molecular weight is 287 g/mol. The molecule has 0 aliphatic heterocycles. The molecule has 2 rings (SSSR count). The van der Waals surface area contributed by atoms with Crippen LogP contribution in [0.25, 0.3) is 10.9 Å². The Balaban J connectivity index is 2.03. The van der Waals surface area contributed by atoms with E-state index in [4.69, 9.17) is 5.11 Å². The molecule has 1 unspecified atom stereocenters. The van der Waals surface area contributed by atoms with Crippen LogP contribution >= 0.6 is 0 Å². The minimum absolute atomic E-state index is 0.0678. The van der Waals surface area contributed by atoms with Crippen LogP contribution in [0, 0.1) is 0 Å². The van der Waals surface area contributed by atoms with Crippen molar-refractivity contribution in [1.82, 2.24) is 15.5 Å². The lowest BCUT2D eigenvalue weighted by Gasteiger charge is -2.13. The lowest BCUT2D eigenvalue weighted by molar-refractivity contribution is -0.141. The molecule has 6 nitrogen and oxygen atoms in total. The van der Waals surface area contributed by atoms with Crippen LogP contribution in [-0.4, -0.2) is 33.2 Å². The number of carbonyl (C=O) groups excluding carboxylic acids is 1. The molecule has 0 saturated carbocycles. The number of allylic oxidation sites excluding steroid dienone is 1. The van der Waals surface area contributed by atoms with Crippen LogP contribution in [0.1, 0.15) is 18.5 Å². The summed E-state index contributed by atoms with van der Waals surface area (Å²) in [5.74, 6) is -1.39. The lowest BCUT2D eigenvalue weighted by Crippen LogP contribution is -2.41. The van der Waals surface area contributed by atoms with Crippen molar-refractivity contribution in [3.05, 3.63) is 42.6 Å². The van der Waals surface area contributed by atoms with Crippen LogP contribution in [0.5, 0.6) is 0 Å². The van der Waals surface area contributed by atoms with Gasteiger partial charge >= 0.3 is 5.97 Å². The first-order valence-electron chi connectivity index (χ1n) is 6.67. The third kappa shape index (κ3) is 3.68. The van der Waals surface area contributed by atoms with Gasteiger partial charge < -0.3 is 10.4 Å². The number of aromatic nitrogens is 2. The number of carbonyl (C=O) groups is 2. The lowest BCUT2D eigenvalue weighted by atomic mass is 10.1. The summed E-state index contributed by atoms with van der Waals surface area (Å²) >= 11 is 0. The number of nitrogens with zero attached hydrogens (tertiary/aromatic N) is 1. The molecule has 0 radical (unpaired) electrons. The zero-order valence-electron chi connectivity index (χ0n) is 11.5. The van der Waals surface area contributed by atoms with Crippen molar-refractivity contribution in [3.8, 4) is 0 Å².